The lowest BCUT2D eigenvalue weighted by molar-refractivity contribution is -0.118. The van der Waals surface area contributed by atoms with Gasteiger partial charge in [-0.2, -0.15) is 0 Å². The van der Waals surface area contributed by atoms with Crippen molar-refractivity contribution in [2.75, 3.05) is 13.1 Å². The monoisotopic (exact) mass is 344 g/mol. The van der Waals surface area contributed by atoms with Gasteiger partial charge in [0.25, 0.3) is 5.91 Å². The number of nitrogens with zero attached hydrogens (tertiary/aromatic N) is 1. The summed E-state index contributed by atoms with van der Waals surface area (Å²) >= 11 is 6.91. The van der Waals surface area contributed by atoms with Crippen molar-refractivity contribution >= 4 is 40.7 Å². The van der Waals surface area contributed by atoms with Gasteiger partial charge >= 0.3 is 6.09 Å². The van der Waals surface area contributed by atoms with Crippen molar-refractivity contribution in [3.05, 3.63) is 21.3 Å². The van der Waals surface area contributed by atoms with Crippen LogP contribution in [0.1, 0.15) is 30.4 Å². The van der Waals surface area contributed by atoms with E-state index in [9.17, 15) is 14.4 Å². The number of ketones is 1. The normalized spacial score (nSPS) is 18.5. The molecule has 1 saturated heterocycles. The van der Waals surface area contributed by atoms with Gasteiger partial charge in [-0.3, -0.25) is 14.5 Å². The van der Waals surface area contributed by atoms with Crippen molar-refractivity contribution in [1.29, 1.82) is 0 Å². The molecular weight excluding hydrogens is 328 g/mol. The zero-order valence-electron chi connectivity index (χ0n) is 12.5. The molecule has 0 bridgehead atoms. The first-order chi connectivity index (χ1) is 10.2. The first-order valence-electron chi connectivity index (χ1n) is 6.72. The van der Waals surface area contributed by atoms with Gasteiger partial charge in [-0.15, -0.1) is 11.3 Å². The van der Waals surface area contributed by atoms with Crippen LogP contribution in [0.5, 0.6) is 0 Å². The quantitative estimate of drug-likeness (QED) is 0.893. The van der Waals surface area contributed by atoms with Crippen LogP contribution in [0.2, 0.25) is 4.34 Å². The predicted octanol–water partition coefficient (Wildman–Crippen LogP) is 2.32. The van der Waals surface area contributed by atoms with E-state index < -0.39 is 17.7 Å². The summed E-state index contributed by atoms with van der Waals surface area (Å²) in [5, 5.41) is 2.62. The van der Waals surface area contributed by atoms with E-state index in [1.54, 1.807) is 32.9 Å². The maximum atomic E-state index is 12.0. The van der Waals surface area contributed by atoms with Gasteiger partial charge in [-0.25, -0.2) is 4.79 Å². The van der Waals surface area contributed by atoms with Crippen molar-refractivity contribution in [2.24, 2.45) is 0 Å². The molecule has 2 rings (SSSR count). The molecule has 1 atom stereocenters. The molecule has 1 fully saturated rings. The average Bonchev–Trinajstić information content (AvgIpc) is 2.95. The van der Waals surface area contributed by atoms with Gasteiger partial charge in [0.1, 0.15) is 11.6 Å². The molecule has 0 aliphatic carbocycles. The van der Waals surface area contributed by atoms with Crippen LogP contribution in [-0.4, -0.2) is 47.4 Å². The van der Waals surface area contributed by atoms with E-state index in [2.05, 4.69) is 5.32 Å². The molecule has 0 spiro atoms. The van der Waals surface area contributed by atoms with Crippen molar-refractivity contribution < 1.29 is 19.1 Å². The fraction of sp³-hybridized carbons (Fsp3) is 0.500. The summed E-state index contributed by atoms with van der Waals surface area (Å²) in [6, 6.07) is 2.48. The van der Waals surface area contributed by atoms with Crippen molar-refractivity contribution in [3.8, 4) is 0 Å². The Morgan fingerprint density at radius 1 is 1.41 bits per heavy atom. The minimum Gasteiger partial charge on any atom is -0.444 e. The molecule has 0 saturated carbocycles. The molecule has 0 aromatic carbocycles. The molecule has 1 aromatic rings. The first kappa shape index (κ1) is 16.8. The Balaban J connectivity index is 1.95. The second-order valence-electron chi connectivity index (χ2n) is 5.96. The average molecular weight is 345 g/mol. The highest BCUT2D eigenvalue weighted by molar-refractivity contribution is 7.18. The lowest BCUT2D eigenvalue weighted by atomic mass is 10.2. The summed E-state index contributed by atoms with van der Waals surface area (Å²) in [4.78, 5) is 37.6. The van der Waals surface area contributed by atoms with Crippen molar-refractivity contribution in [1.82, 2.24) is 10.2 Å². The van der Waals surface area contributed by atoms with E-state index in [0.717, 1.165) is 11.3 Å². The van der Waals surface area contributed by atoms with Crippen LogP contribution in [-0.2, 0) is 9.53 Å². The molecule has 0 radical (unpaired) electrons. The number of hydrogen-bond acceptors (Lipinski definition) is 5. The number of ether oxygens (including phenoxy) is 1. The third-order valence-corrected chi connectivity index (χ3v) is 4.12. The highest BCUT2D eigenvalue weighted by Gasteiger charge is 2.36. The molecular formula is C14H17ClN2O4S. The van der Waals surface area contributed by atoms with Crippen LogP contribution in [0.25, 0.3) is 0 Å². The molecule has 2 amide bonds. The number of carbonyl (C=O) groups is 3. The number of carbonyl (C=O) groups excluding carboxylic acids is 3. The highest BCUT2D eigenvalue weighted by atomic mass is 35.5. The number of likely N-dealkylation sites (tertiary alicyclic amines) is 1. The Hall–Kier alpha value is -1.60. The van der Waals surface area contributed by atoms with Gasteiger partial charge in [0, 0.05) is 0 Å². The van der Waals surface area contributed by atoms with Crippen LogP contribution in [0, 0.1) is 0 Å². The zero-order chi connectivity index (χ0) is 16.5. The maximum Gasteiger partial charge on any atom is 0.410 e. The second-order valence-corrected chi connectivity index (χ2v) is 7.67. The summed E-state index contributed by atoms with van der Waals surface area (Å²) in [7, 11) is 0. The van der Waals surface area contributed by atoms with E-state index in [4.69, 9.17) is 16.3 Å². The van der Waals surface area contributed by atoms with Gasteiger partial charge in [0.05, 0.1) is 22.3 Å². The Kier molecular flexibility index (Phi) is 4.77. The Labute approximate surface area is 137 Å². The summed E-state index contributed by atoms with van der Waals surface area (Å²) in [5.74, 6) is -0.594. The van der Waals surface area contributed by atoms with E-state index in [0.29, 0.717) is 9.21 Å². The number of Topliss-reactive ketones (excluding diaryl/α,β-unsaturated/α-hetero) is 1. The van der Waals surface area contributed by atoms with Crippen LogP contribution < -0.4 is 5.32 Å². The Morgan fingerprint density at radius 2 is 2.09 bits per heavy atom. The van der Waals surface area contributed by atoms with Gasteiger partial charge < -0.3 is 10.1 Å². The van der Waals surface area contributed by atoms with Gasteiger partial charge in [-0.1, -0.05) is 11.6 Å². The number of amides is 2. The first-order valence-corrected chi connectivity index (χ1v) is 7.92. The fourth-order valence-corrected chi connectivity index (χ4v) is 2.89. The topological polar surface area (TPSA) is 75.7 Å². The van der Waals surface area contributed by atoms with Crippen molar-refractivity contribution in [3.63, 3.8) is 0 Å². The highest BCUT2D eigenvalue weighted by Crippen LogP contribution is 2.21. The summed E-state index contributed by atoms with van der Waals surface area (Å²) in [6.07, 6.45) is -0.559. The van der Waals surface area contributed by atoms with E-state index in [-0.39, 0.29) is 24.8 Å². The van der Waals surface area contributed by atoms with Crippen LogP contribution in [0.3, 0.4) is 0 Å². The number of halogens is 1. The number of nitrogens with one attached hydrogen (secondary N) is 1. The molecule has 1 aliphatic rings. The maximum absolute atomic E-state index is 12.0. The summed E-state index contributed by atoms with van der Waals surface area (Å²) < 4.78 is 5.72. The van der Waals surface area contributed by atoms with Crippen molar-refractivity contribution in [2.45, 2.75) is 32.4 Å². The predicted molar refractivity (Wildman–Crippen MR) is 83.4 cm³/mol. The van der Waals surface area contributed by atoms with Gasteiger partial charge in [0.2, 0.25) is 0 Å². The molecule has 6 nitrogen and oxygen atoms in total. The smallest absolute Gasteiger partial charge is 0.410 e. The number of thiophene rings is 1. The standard InChI is InChI=1S/C14H17ClN2O4S/c1-14(2,3)21-13(20)17-6-8(9(18)7-17)16-12(19)10-4-5-11(15)22-10/h4-5,8H,6-7H2,1-3H3,(H,16,19). The molecule has 1 aliphatic heterocycles. The second kappa shape index (κ2) is 6.26. The molecule has 1 N–H and O–H groups in total. The zero-order valence-corrected chi connectivity index (χ0v) is 14.1. The van der Waals surface area contributed by atoms with Crippen LogP contribution in [0.15, 0.2) is 12.1 Å². The molecule has 1 aromatic heterocycles. The van der Waals surface area contributed by atoms with E-state index in [1.165, 1.54) is 4.90 Å². The lowest BCUT2D eigenvalue weighted by Crippen LogP contribution is -2.41. The Morgan fingerprint density at radius 3 is 2.64 bits per heavy atom. The molecule has 22 heavy (non-hydrogen) atoms. The summed E-state index contributed by atoms with van der Waals surface area (Å²) in [6.45, 7) is 5.30. The lowest BCUT2D eigenvalue weighted by Gasteiger charge is -2.24. The number of rotatable bonds is 2. The molecule has 120 valence electrons. The van der Waals surface area contributed by atoms with Gasteiger partial charge in [-0.05, 0) is 32.9 Å². The third-order valence-electron chi connectivity index (χ3n) is 2.89. The molecule has 1 unspecified atom stereocenters. The van der Waals surface area contributed by atoms with Crippen LogP contribution in [0.4, 0.5) is 4.79 Å². The van der Waals surface area contributed by atoms with E-state index in [1.807, 2.05) is 0 Å². The Bertz CT molecular complexity index is 608. The van der Waals surface area contributed by atoms with Gasteiger partial charge in [0.15, 0.2) is 5.78 Å². The molecule has 8 heteroatoms. The minimum atomic E-state index is -0.721. The third kappa shape index (κ3) is 4.20. The minimum absolute atomic E-state index is 0.0644. The largest absolute Gasteiger partial charge is 0.444 e. The van der Waals surface area contributed by atoms with Crippen LogP contribution >= 0.6 is 22.9 Å². The molecule has 2 heterocycles. The summed E-state index contributed by atoms with van der Waals surface area (Å²) in [5.41, 5.74) is -0.630. The van der Waals surface area contributed by atoms with E-state index >= 15 is 0 Å². The SMILES string of the molecule is CC(C)(C)OC(=O)N1CC(=O)C(NC(=O)c2ccc(Cl)s2)C1. The number of hydrogen-bond donors (Lipinski definition) is 1. The fourth-order valence-electron chi connectivity index (χ4n) is 1.94.